The number of amides is 3. The van der Waals surface area contributed by atoms with Gasteiger partial charge in [0.2, 0.25) is 0 Å². The van der Waals surface area contributed by atoms with E-state index in [2.05, 4.69) is 15.6 Å². The number of nitrogens with one attached hydrogen (secondary N) is 2. The number of hydrogen-bond donors (Lipinski definition) is 2. The van der Waals surface area contributed by atoms with Crippen LogP contribution in [0.25, 0.3) is 0 Å². The molecule has 1 unspecified atom stereocenters. The average Bonchev–Trinajstić information content (AvgIpc) is 3.29. The molecule has 0 bridgehead atoms. The van der Waals surface area contributed by atoms with E-state index in [1.54, 1.807) is 11.1 Å². The van der Waals surface area contributed by atoms with Crippen LogP contribution in [-0.2, 0) is 7.05 Å². The number of anilines is 1. The first-order valence-electron chi connectivity index (χ1n) is 9.22. The molecule has 3 heterocycles. The fourth-order valence-electron chi connectivity index (χ4n) is 3.88. The zero-order valence-corrected chi connectivity index (χ0v) is 16.8. The van der Waals surface area contributed by atoms with Crippen LogP contribution in [0.15, 0.2) is 30.6 Å². The number of rotatable bonds is 3. The fraction of sp³-hybridized carbons (Fsp3) is 0.421. The van der Waals surface area contributed by atoms with Crippen molar-refractivity contribution in [3.8, 4) is 0 Å². The van der Waals surface area contributed by atoms with Gasteiger partial charge in [-0.1, -0.05) is 6.07 Å². The molecule has 8 nitrogen and oxygen atoms in total. The second kappa shape index (κ2) is 8.20. The molecule has 2 aliphatic rings. The maximum atomic E-state index is 13.4. The average molecular weight is 405 g/mol. The number of carbonyl (C=O) groups excluding carboxylic acids is 2. The lowest BCUT2D eigenvalue weighted by Crippen LogP contribution is -2.49. The number of hydrogen-bond acceptors (Lipinski definition) is 4. The van der Waals surface area contributed by atoms with Crippen molar-refractivity contribution < 1.29 is 9.59 Å². The number of carbonyl (C=O) groups is 2. The summed E-state index contributed by atoms with van der Waals surface area (Å²) in [5, 5.41) is 6.17. The highest BCUT2D eigenvalue weighted by Gasteiger charge is 2.32. The van der Waals surface area contributed by atoms with E-state index in [-0.39, 0.29) is 30.4 Å². The van der Waals surface area contributed by atoms with E-state index in [1.807, 2.05) is 47.8 Å². The van der Waals surface area contributed by atoms with E-state index in [0.717, 1.165) is 23.6 Å². The van der Waals surface area contributed by atoms with E-state index < -0.39 is 0 Å². The van der Waals surface area contributed by atoms with E-state index in [4.69, 9.17) is 0 Å². The van der Waals surface area contributed by atoms with Crippen molar-refractivity contribution in [3.63, 3.8) is 0 Å². The smallest absolute Gasteiger partial charge is 0.322 e. The van der Waals surface area contributed by atoms with Crippen LogP contribution in [-0.4, -0.2) is 59.1 Å². The minimum absolute atomic E-state index is 0. The highest BCUT2D eigenvalue weighted by atomic mass is 35.5. The van der Waals surface area contributed by atoms with Gasteiger partial charge in [0.25, 0.3) is 5.91 Å². The molecule has 2 aromatic rings. The molecular formula is C19H25ClN6O2. The first kappa shape index (κ1) is 20.2. The third kappa shape index (κ3) is 3.45. The number of piperazine rings is 1. The van der Waals surface area contributed by atoms with E-state index in [9.17, 15) is 9.59 Å². The molecule has 2 aliphatic heterocycles. The minimum Gasteiger partial charge on any atom is -0.336 e. The van der Waals surface area contributed by atoms with Crippen LogP contribution in [0.4, 0.5) is 10.5 Å². The quantitative estimate of drug-likeness (QED) is 0.811. The number of nitrogens with zero attached hydrogens (tertiary/aromatic N) is 4. The molecular weight excluding hydrogens is 380 g/mol. The molecule has 4 rings (SSSR count). The van der Waals surface area contributed by atoms with Crippen LogP contribution in [0.1, 0.15) is 27.8 Å². The van der Waals surface area contributed by atoms with Crippen LogP contribution in [0.3, 0.4) is 0 Å². The minimum atomic E-state index is -0.121. The largest absolute Gasteiger partial charge is 0.336 e. The Hall–Kier alpha value is -2.58. The van der Waals surface area contributed by atoms with Crippen molar-refractivity contribution in [1.29, 1.82) is 0 Å². The molecule has 0 spiro atoms. The van der Waals surface area contributed by atoms with Crippen LogP contribution in [0.5, 0.6) is 0 Å². The first-order valence-corrected chi connectivity index (χ1v) is 9.22. The maximum absolute atomic E-state index is 13.4. The molecule has 28 heavy (non-hydrogen) atoms. The molecule has 1 atom stereocenters. The monoisotopic (exact) mass is 404 g/mol. The van der Waals surface area contributed by atoms with Gasteiger partial charge in [-0.3, -0.25) is 9.69 Å². The zero-order chi connectivity index (χ0) is 19.0. The van der Waals surface area contributed by atoms with Crippen LogP contribution in [0.2, 0.25) is 0 Å². The molecule has 2 N–H and O–H groups in total. The van der Waals surface area contributed by atoms with Gasteiger partial charge >= 0.3 is 6.03 Å². The van der Waals surface area contributed by atoms with Crippen molar-refractivity contribution in [2.45, 2.75) is 13.0 Å². The maximum Gasteiger partial charge on any atom is 0.322 e. The molecule has 0 aliphatic carbocycles. The van der Waals surface area contributed by atoms with Gasteiger partial charge in [-0.15, -0.1) is 12.4 Å². The fourth-order valence-corrected chi connectivity index (χ4v) is 3.88. The summed E-state index contributed by atoms with van der Waals surface area (Å²) in [5.41, 5.74) is 2.25. The number of urea groups is 1. The number of aryl methyl sites for hydroxylation is 1. The standard InChI is InChI=1S/C19H24N6O2.ClH/c1-13-14(4-3-5-15(13)25-11-8-22-19(25)27)18(26)24-10-6-20-12-16(24)17-21-7-9-23(17)2;/h3-5,7,9,16,20H,6,8,10-12H2,1-2H3,(H,22,27);1H. The first-order chi connectivity index (χ1) is 13.1. The molecule has 1 aromatic heterocycles. The van der Waals surface area contributed by atoms with Gasteiger partial charge in [-0.2, -0.15) is 0 Å². The summed E-state index contributed by atoms with van der Waals surface area (Å²) < 4.78 is 1.95. The Kier molecular flexibility index (Phi) is 5.90. The topological polar surface area (TPSA) is 82.5 Å². The molecule has 3 amide bonds. The lowest BCUT2D eigenvalue weighted by atomic mass is 10.0. The summed E-state index contributed by atoms with van der Waals surface area (Å²) in [5.74, 6) is 0.840. The predicted molar refractivity (Wildman–Crippen MR) is 109 cm³/mol. The second-order valence-electron chi connectivity index (χ2n) is 6.95. The van der Waals surface area contributed by atoms with E-state index >= 15 is 0 Å². The molecule has 1 aromatic carbocycles. The molecule has 0 saturated carbocycles. The lowest BCUT2D eigenvalue weighted by molar-refractivity contribution is 0.0620. The van der Waals surface area contributed by atoms with Gasteiger partial charge in [0, 0.05) is 63.4 Å². The van der Waals surface area contributed by atoms with Gasteiger partial charge in [-0.05, 0) is 24.6 Å². The molecule has 9 heteroatoms. The summed E-state index contributed by atoms with van der Waals surface area (Å²) in [7, 11) is 1.94. The number of imidazole rings is 1. The number of halogens is 1. The van der Waals surface area contributed by atoms with Gasteiger partial charge in [0.1, 0.15) is 11.9 Å². The van der Waals surface area contributed by atoms with Gasteiger partial charge < -0.3 is 20.1 Å². The Morgan fingerprint density at radius 1 is 1.25 bits per heavy atom. The highest BCUT2D eigenvalue weighted by molar-refractivity contribution is 6.00. The Bertz CT molecular complexity index is 883. The number of aromatic nitrogens is 2. The molecule has 2 saturated heterocycles. The summed E-state index contributed by atoms with van der Waals surface area (Å²) >= 11 is 0. The van der Waals surface area contributed by atoms with Gasteiger partial charge in [-0.25, -0.2) is 9.78 Å². The van der Waals surface area contributed by atoms with Crippen LogP contribution >= 0.6 is 12.4 Å². The van der Waals surface area contributed by atoms with Crippen LogP contribution in [0, 0.1) is 6.92 Å². The molecule has 2 fully saturated rings. The second-order valence-corrected chi connectivity index (χ2v) is 6.95. The van der Waals surface area contributed by atoms with Crippen molar-refractivity contribution in [2.75, 3.05) is 37.6 Å². The Labute approximate surface area is 170 Å². The van der Waals surface area contributed by atoms with Gasteiger partial charge in [0.05, 0.1) is 0 Å². The third-order valence-corrected chi connectivity index (χ3v) is 5.34. The van der Waals surface area contributed by atoms with Crippen molar-refractivity contribution in [1.82, 2.24) is 25.1 Å². The van der Waals surface area contributed by atoms with Gasteiger partial charge in [0.15, 0.2) is 0 Å². The predicted octanol–water partition coefficient (Wildman–Crippen LogP) is 1.47. The highest BCUT2D eigenvalue weighted by Crippen LogP contribution is 2.28. The third-order valence-electron chi connectivity index (χ3n) is 5.34. The van der Waals surface area contributed by atoms with E-state index in [1.165, 1.54) is 0 Å². The van der Waals surface area contributed by atoms with Crippen molar-refractivity contribution >= 4 is 30.0 Å². The summed E-state index contributed by atoms with van der Waals surface area (Å²) in [6, 6.07) is 5.34. The SMILES string of the molecule is Cc1c(C(=O)N2CCNCC2c2nccn2C)cccc1N1CCNC1=O.Cl. The van der Waals surface area contributed by atoms with Crippen molar-refractivity contribution in [2.24, 2.45) is 7.05 Å². The Balaban J connectivity index is 0.00000225. The molecule has 150 valence electrons. The summed E-state index contributed by atoms with van der Waals surface area (Å²) in [4.78, 5) is 33.5. The Morgan fingerprint density at radius 3 is 2.75 bits per heavy atom. The lowest BCUT2D eigenvalue weighted by Gasteiger charge is -2.36. The van der Waals surface area contributed by atoms with Crippen LogP contribution < -0.4 is 15.5 Å². The summed E-state index contributed by atoms with van der Waals surface area (Å²) in [6.45, 7) is 5.18. The molecule has 0 radical (unpaired) electrons. The summed E-state index contributed by atoms with van der Waals surface area (Å²) in [6.07, 6.45) is 3.65. The Morgan fingerprint density at radius 2 is 2.07 bits per heavy atom. The van der Waals surface area contributed by atoms with Crippen molar-refractivity contribution in [3.05, 3.63) is 47.5 Å². The zero-order valence-electron chi connectivity index (χ0n) is 16.0. The number of benzene rings is 1. The van der Waals surface area contributed by atoms with E-state index in [0.29, 0.717) is 31.7 Å². The normalized spacial score (nSPS) is 19.4.